The van der Waals surface area contributed by atoms with E-state index in [2.05, 4.69) is 31.2 Å². The molecule has 0 saturated heterocycles. The Morgan fingerprint density at radius 3 is 2.39 bits per heavy atom. The fourth-order valence-corrected chi connectivity index (χ4v) is 2.55. The number of ether oxygens (including phenoxy) is 1. The molecular weight excluding hydrogens is 228 g/mol. The maximum atomic E-state index is 11.8. The van der Waals surface area contributed by atoms with Gasteiger partial charge < -0.3 is 15.0 Å². The number of likely N-dealkylation sites (N-methyl/N-ethyl adjacent to an activating group) is 1. The van der Waals surface area contributed by atoms with Crippen molar-refractivity contribution in [1.82, 2.24) is 10.2 Å². The van der Waals surface area contributed by atoms with Gasteiger partial charge in [0.25, 0.3) is 0 Å². The van der Waals surface area contributed by atoms with Gasteiger partial charge in [-0.1, -0.05) is 6.92 Å². The number of hydrogen-bond acceptors (Lipinski definition) is 3. The van der Waals surface area contributed by atoms with E-state index in [-0.39, 0.29) is 12.1 Å². The van der Waals surface area contributed by atoms with Crippen molar-refractivity contribution in [2.75, 3.05) is 14.1 Å². The van der Waals surface area contributed by atoms with E-state index in [1.807, 2.05) is 20.8 Å². The van der Waals surface area contributed by atoms with E-state index in [1.165, 1.54) is 6.42 Å². The van der Waals surface area contributed by atoms with E-state index in [9.17, 15) is 4.79 Å². The summed E-state index contributed by atoms with van der Waals surface area (Å²) in [5, 5.41) is 3.02. The summed E-state index contributed by atoms with van der Waals surface area (Å²) >= 11 is 0. The predicted molar refractivity (Wildman–Crippen MR) is 73.6 cm³/mol. The van der Waals surface area contributed by atoms with Gasteiger partial charge in [-0.15, -0.1) is 0 Å². The average molecular weight is 256 g/mol. The molecule has 4 nitrogen and oxygen atoms in total. The second-order valence-corrected chi connectivity index (χ2v) is 6.70. The molecule has 0 bridgehead atoms. The molecule has 1 N–H and O–H groups in total. The predicted octanol–water partition coefficient (Wildman–Crippen LogP) is 2.63. The Bertz CT molecular complexity index is 284. The Hall–Kier alpha value is -0.770. The zero-order valence-corrected chi connectivity index (χ0v) is 12.6. The molecule has 1 unspecified atom stereocenters. The number of alkyl carbamates (subject to hydrolysis) is 1. The molecule has 1 fully saturated rings. The first-order valence-electron chi connectivity index (χ1n) is 6.85. The van der Waals surface area contributed by atoms with Gasteiger partial charge in [0, 0.05) is 12.1 Å². The number of carbonyl (C=O) groups excluding carboxylic acids is 1. The molecule has 106 valence electrons. The molecule has 1 aliphatic carbocycles. The molecule has 4 heteroatoms. The molecule has 0 aromatic rings. The van der Waals surface area contributed by atoms with Gasteiger partial charge in [0.05, 0.1) is 0 Å². The van der Waals surface area contributed by atoms with Crippen molar-refractivity contribution in [3.8, 4) is 0 Å². The third-order valence-corrected chi connectivity index (χ3v) is 3.44. The maximum Gasteiger partial charge on any atom is 0.407 e. The summed E-state index contributed by atoms with van der Waals surface area (Å²) in [5.74, 6) is 0.731. The fraction of sp³-hybridized carbons (Fsp3) is 0.929. The molecule has 3 atom stereocenters. The monoisotopic (exact) mass is 256 g/mol. The summed E-state index contributed by atoms with van der Waals surface area (Å²) in [7, 11) is 4.15. The van der Waals surface area contributed by atoms with Gasteiger partial charge in [0.15, 0.2) is 0 Å². The lowest BCUT2D eigenvalue weighted by Crippen LogP contribution is -2.53. The molecule has 0 aliphatic heterocycles. The second-order valence-electron chi connectivity index (χ2n) is 6.70. The molecule has 0 heterocycles. The highest BCUT2D eigenvalue weighted by Gasteiger charge is 2.32. The first-order chi connectivity index (χ1) is 8.19. The van der Waals surface area contributed by atoms with E-state index in [0.717, 1.165) is 18.8 Å². The molecule has 0 aromatic carbocycles. The Kier molecular flexibility index (Phi) is 5.02. The van der Waals surface area contributed by atoms with Crippen molar-refractivity contribution >= 4 is 6.09 Å². The van der Waals surface area contributed by atoms with Crippen LogP contribution in [-0.4, -0.2) is 42.8 Å². The lowest BCUT2D eigenvalue weighted by Gasteiger charge is -2.39. The SMILES string of the molecule is CC1CC[C@H](NC(=O)OC(C)(C)C)[C@@H](N(C)C)C1. The van der Waals surface area contributed by atoms with Crippen LogP contribution in [0.5, 0.6) is 0 Å². The fourth-order valence-electron chi connectivity index (χ4n) is 2.55. The van der Waals surface area contributed by atoms with E-state index in [1.54, 1.807) is 0 Å². The van der Waals surface area contributed by atoms with Crippen LogP contribution in [-0.2, 0) is 4.74 Å². The highest BCUT2D eigenvalue weighted by Crippen LogP contribution is 2.26. The summed E-state index contributed by atoms with van der Waals surface area (Å²) in [5.41, 5.74) is -0.431. The lowest BCUT2D eigenvalue weighted by molar-refractivity contribution is 0.0435. The molecule has 1 amide bonds. The molecular formula is C14H28N2O2. The highest BCUT2D eigenvalue weighted by atomic mass is 16.6. The number of amides is 1. The quantitative estimate of drug-likeness (QED) is 0.826. The van der Waals surface area contributed by atoms with Crippen molar-refractivity contribution in [2.45, 2.75) is 64.6 Å². The molecule has 0 radical (unpaired) electrons. The van der Waals surface area contributed by atoms with Gasteiger partial charge in [-0.2, -0.15) is 0 Å². The van der Waals surface area contributed by atoms with Crippen LogP contribution in [0.2, 0.25) is 0 Å². The average Bonchev–Trinajstić information content (AvgIpc) is 2.17. The number of nitrogens with one attached hydrogen (secondary N) is 1. The Morgan fingerprint density at radius 2 is 1.89 bits per heavy atom. The zero-order valence-electron chi connectivity index (χ0n) is 12.6. The summed E-state index contributed by atoms with van der Waals surface area (Å²) in [6.45, 7) is 7.94. The number of hydrogen-bond donors (Lipinski definition) is 1. The molecule has 1 aliphatic rings. The van der Waals surface area contributed by atoms with Crippen LogP contribution in [0.25, 0.3) is 0 Å². The summed E-state index contributed by atoms with van der Waals surface area (Å²) in [6.07, 6.45) is 3.04. The van der Waals surface area contributed by atoms with Crippen molar-refractivity contribution in [1.29, 1.82) is 0 Å². The lowest BCUT2D eigenvalue weighted by atomic mass is 9.83. The minimum Gasteiger partial charge on any atom is -0.444 e. The standard InChI is InChI=1S/C14H28N2O2/c1-10-7-8-11(12(9-10)16(5)6)15-13(17)18-14(2,3)4/h10-12H,7-9H2,1-6H3,(H,15,17)/t10?,11-,12-/m0/s1. The smallest absolute Gasteiger partial charge is 0.407 e. The number of rotatable bonds is 2. The molecule has 1 saturated carbocycles. The largest absolute Gasteiger partial charge is 0.444 e. The van der Waals surface area contributed by atoms with Crippen LogP contribution in [0.3, 0.4) is 0 Å². The van der Waals surface area contributed by atoms with Gasteiger partial charge in [-0.05, 0) is 60.0 Å². The minimum absolute atomic E-state index is 0.200. The van der Waals surface area contributed by atoms with Crippen molar-refractivity contribution in [3.05, 3.63) is 0 Å². The molecule has 1 rings (SSSR count). The zero-order chi connectivity index (χ0) is 13.9. The topological polar surface area (TPSA) is 41.6 Å². The van der Waals surface area contributed by atoms with E-state index in [0.29, 0.717) is 6.04 Å². The Morgan fingerprint density at radius 1 is 1.28 bits per heavy atom. The summed E-state index contributed by atoms with van der Waals surface area (Å²) < 4.78 is 5.33. The van der Waals surface area contributed by atoms with Crippen molar-refractivity contribution in [2.24, 2.45) is 5.92 Å². The maximum absolute atomic E-state index is 11.8. The Labute approximate surface area is 111 Å². The van der Waals surface area contributed by atoms with Crippen LogP contribution in [0.1, 0.15) is 47.0 Å². The molecule has 0 aromatic heterocycles. The van der Waals surface area contributed by atoms with Crippen LogP contribution in [0.15, 0.2) is 0 Å². The van der Waals surface area contributed by atoms with E-state index < -0.39 is 5.60 Å². The van der Waals surface area contributed by atoms with Gasteiger partial charge in [-0.3, -0.25) is 0 Å². The summed E-state index contributed by atoms with van der Waals surface area (Å²) in [6, 6.07) is 0.604. The van der Waals surface area contributed by atoms with Crippen LogP contribution < -0.4 is 5.32 Å². The third kappa shape index (κ3) is 4.84. The normalized spacial score (nSPS) is 29.2. The van der Waals surface area contributed by atoms with Crippen LogP contribution >= 0.6 is 0 Å². The van der Waals surface area contributed by atoms with E-state index in [4.69, 9.17) is 4.74 Å². The Balaban J connectivity index is 2.56. The highest BCUT2D eigenvalue weighted by molar-refractivity contribution is 5.68. The van der Waals surface area contributed by atoms with Crippen molar-refractivity contribution < 1.29 is 9.53 Å². The van der Waals surface area contributed by atoms with Gasteiger partial charge in [-0.25, -0.2) is 4.79 Å². The minimum atomic E-state index is -0.431. The van der Waals surface area contributed by atoms with Gasteiger partial charge in [0.1, 0.15) is 5.60 Å². The summed E-state index contributed by atoms with van der Waals surface area (Å²) in [4.78, 5) is 14.0. The van der Waals surface area contributed by atoms with Crippen LogP contribution in [0, 0.1) is 5.92 Å². The van der Waals surface area contributed by atoms with Crippen LogP contribution in [0.4, 0.5) is 4.79 Å². The number of nitrogens with zero attached hydrogens (tertiary/aromatic N) is 1. The molecule has 0 spiro atoms. The van der Waals surface area contributed by atoms with E-state index >= 15 is 0 Å². The first kappa shape index (κ1) is 15.3. The van der Waals surface area contributed by atoms with Crippen molar-refractivity contribution in [3.63, 3.8) is 0 Å². The first-order valence-corrected chi connectivity index (χ1v) is 6.85. The number of carbonyl (C=O) groups is 1. The van der Waals surface area contributed by atoms with Gasteiger partial charge in [0.2, 0.25) is 0 Å². The molecule has 18 heavy (non-hydrogen) atoms. The van der Waals surface area contributed by atoms with Gasteiger partial charge >= 0.3 is 6.09 Å². The third-order valence-electron chi connectivity index (χ3n) is 3.44. The second kappa shape index (κ2) is 5.91.